The van der Waals surface area contributed by atoms with Gasteiger partial charge in [0, 0.05) is 14.2 Å². The second-order valence-electron chi connectivity index (χ2n) is 6.80. The van der Waals surface area contributed by atoms with Crippen molar-refractivity contribution in [3.8, 4) is 0 Å². The maximum absolute atomic E-state index is 11.9. The van der Waals surface area contributed by atoms with Gasteiger partial charge in [-0.1, -0.05) is 0 Å². The van der Waals surface area contributed by atoms with E-state index in [1.54, 1.807) is 13.8 Å². The number of hydrogen-bond donors (Lipinski definition) is 2. The monoisotopic (exact) mass is 476 g/mol. The average Bonchev–Trinajstić information content (AvgIpc) is 2.72. The van der Waals surface area contributed by atoms with Gasteiger partial charge in [-0.25, -0.2) is 0 Å². The van der Waals surface area contributed by atoms with E-state index in [1.165, 1.54) is 14.2 Å². The van der Waals surface area contributed by atoms with E-state index in [9.17, 15) is 14.2 Å². The standard InChI is InChI=1S/C18H38O10P2/c1-15(19)11-25-16(2)12-27-29(21)9-7-5-6-8-10-30(22)28-14-18(24-4)26-13-17(20)23-3/h15-20H,5-14H2,1-4H3/q+2. The van der Waals surface area contributed by atoms with Gasteiger partial charge in [0.25, 0.3) is 0 Å². The molecule has 0 rings (SSSR count). The van der Waals surface area contributed by atoms with Gasteiger partial charge in [0.05, 0.1) is 18.8 Å². The third kappa shape index (κ3) is 18.6. The maximum atomic E-state index is 11.9. The predicted molar refractivity (Wildman–Crippen MR) is 112 cm³/mol. The van der Waals surface area contributed by atoms with Crippen LogP contribution in [-0.4, -0.2) is 88.0 Å². The number of hydrogen-bond acceptors (Lipinski definition) is 10. The molecule has 0 aromatic carbocycles. The van der Waals surface area contributed by atoms with Gasteiger partial charge in [0.1, 0.15) is 13.2 Å². The van der Waals surface area contributed by atoms with Crippen LogP contribution in [0.4, 0.5) is 0 Å². The lowest BCUT2D eigenvalue weighted by Crippen LogP contribution is -2.27. The second-order valence-corrected chi connectivity index (χ2v) is 9.54. The minimum absolute atomic E-state index is 0.000689. The zero-order valence-electron chi connectivity index (χ0n) is 18.4. The fourth-order valence-electron chi connectivity index (χ4n) is 2.09. The van der Waals surface area contributed by atoms with Gasteiger partial charge >= 0.3 is 16.1 Å². The Labute approximate surface area is 181 Å². The SMILES string of the molecule is COC(O)COC(CO[P+](=O)CCCCCC[P+](=O)OCC(C)OCC(C)O)OC. The second kappa shape index (κ2) is 19.6. The normalized spacial score (nSPS) is 16.7. The Morgan fingerprint density at radius 1 is 0.733 bits per heavy atom. The Morgan fingerprint density at radius 3 is 1.80 bits per heavy atom. The van der Waals surface area contributed by atoms with E-state index < -0.39 is 34.7 Å². The molecule has 0 saturated carbocycles. The minimum Gasteiger partial charge on any atom is -0.391 e. The van der Waals surface area contributed by atoms with E-state index in [2.05, 4.69) is 4.74 Å². The van der Waals surface area contributed by atoms with Crippen LogP contribution in [0.15, 0.2) is 0 Å². The third-order valence-electron chi connectivity index (χ3n) is 3.82. The van der Waals surface area contributed by atoms with Crippen molar-refractivity contribution in [3.63, 3.8) is 0 Å². The Kier molecular flexibility index (Phi) is 19.5. The Morgan fingerprint density at radius 2 is 1.30 bits per heavy atom. The number of ether oxygens (including phenoxy) is 4. The van der Waals surface area contributed by atoms with Crippen molar-refractivity contribution in [1.82, 2.24) is 0 Å². The largest absolute Gasteiger partial charge is 0.508 e. The van der Waals surface area contributed by atoms with Crippen LogP contribution in [0.3, 0.4) is 0 Å². The van der Waals surface area contributed by atoms with E-state index in [-0.39, 0.29) is 32.5 Å². The van der Waals surface area contributed by atoms with Crippen LogP contribution in [-0.2, 0) is 37.1 Å². The molecule has 0 aromatic rings. The first-order chi connectivity index (χ1) is 14.3. The summed E-state index contributed by atoms with van der Waals surface area (Å²) in [6, 6.07) is 0. The molecule has 30 heavy (non-hydrogen) atoms. The third-order valence-corrected chi connectivity index (χ3v) is 6.06. The van der Waals surface area contributed by atoms with Crippen molar-refractivity contribution in [2.75, 3.05) is 53.0 Å². The molecule has 178 valence electrons. The Balaban J connectivity index is 3.66. The molecule has 2 N–H and O–H groups in total. The van der Waals surface area contributed by atoms with Crippen LogP contribution in [0.5, 0.6) is 0 Å². The first-order valence-electron chi connectivity index (χ1n) is 10.1. The highest BCUT2D eigenvalue weighted by atomic mass is 31.1. The molecular formula is C18H38O10P2+2. The fraction of sp³-hybridized carbons (Fsp3) is 1.00. The fourth-order valence-corrected chi connectivity index (χ4v) is 3.98. The summed E-state index contributed by atoms with van der Waals surface area (Å²) in [7, 11) is -0.767. The highest BCUT2D eigenvalue weighted by Gasteiger charge is 2.22. The van der Waals surface area contributed by atoms with Gasteiger partial charge in [-0.05, 0) is 48.7 Å². The molecule has 0 aliphatic rings. The summed E-state index contributed by atoms with van der Waals surface area (Å²) >= 11 is 0. The molecule has 0 aliphatic heterocycles. The van der Waals surface area contributed by atoms with E-state index >= 15 is 0 Å². The van der Waals surface area contributed by atoms with Gasteiger partial charge in [0.2, 0.25) is 0 Å². The molecule has 10 nitrogen and oxygen atoms in total. The molecule has 0 fully saturated rings. The lowest BCUT2D eigenvalue weighted by molar-refractivity contribution is -0.194. The van der Waals surface area contributed by atoms with Crippen molar-refractivity contribution in [3.05, 3.63) is 0 Å². The molecular weight excluding hydrogens is 438 g/mol. The average molecular weight is 476 g/mol. The number of methoxy groups -OCH3 is 2. The van der Waals surface area contributed by atoms with Crippen LogP contribution >= 0.6 is 16.1 Å². The summed E-state index contributed by atoms with van der Waals surface area (Å²) in [4.78, 5) is 0. The molecule has 0 amide bonds. The molecule has 0 saturated heterocycles. The zero-order valence-corrected chi connectivity index (χ0v) is 20.2. The number of unbranched alkanes of at least 4 members (excludes halogenated alkanes) is 3. The van der Waals surface area contributed by atoms with Crippen LogP contribution in [0.1, 0.15) is 39.5 Å². The molecule has 0 radical (unpaired) electrons. The number of aliphatic hydroxyl groups is 2. The highest BCUT2D eigenvalue weighted by molar-refractivity contribution is 7.39. The molecule has 0 spiro atoms. The predicted octanol–water partition coefficient (Wildman–Crippen LogP) is 2.80. The molecule has 6 atom stereocenters. The highest BCUT2D eigenvalue weighted by Crippen LogP contribution is 2.27. The number of aliphatic hydroxyl groups excluding tert-OH is 2. The summed E-state index contributed by atoms with van der Waals surface area (Å²) in [6.07, 6.45) is 1.57. The summed E-state index contributed by atoms with van der Waals surface area (Å²) in [6.45, 7) is 3.82. The summed E-state index contributed by atoms with van der Waals surface area (Å²) < 4.78 is 54.5. The minimum atomic E-state index is -1.82. The number of rotatable bonds is 21. The van der Waals surface area contributed by atoms with E-state index in [0.717, 1.165) is 25.7 Å². The molecule has 0 heterocycles. The van der Waals surface area contributed by atoms with Gasteiger partial charge in [-0.15, -0.1) is 9.05 Å². The van der Waals surface area contributed by atoms with Crippen molar-refractivity contribution < 1.29 is 47.3 Å². The van der Waals surface area contributed by atoms with Gasteiger partial charge in [0.15, 0.2) is 31.5 Å². The Bertz CT molecular complexity index is 453. The van der Waals surface area contributed by atoms with Crippen LogP contribution in [0.2, 0.25) is 0 Å². The lowest BCUT2D eigenvalue weighted by atomic mass is 10.2. The molecule has 12 heteroatoms. The molecule has 6 unspecified atom stereocenters. The summed E-state index contributed by atoms with van der Waals surface area (Å²) in [5, 5.41) is 18.4. The smallest absolute Gasteiger partial charge is 0.391 e. The lowest BCUT2D eigenvalue weighted by Gasteiger charge is -2.15. The van der Waals surface area contributed by atoms with Gasteiger partial charge in [-0.2, -0.15) is 0 Å². The van der Waals surface area contributed by atoms with Gasteiger partial charge in [-0.3, -0.25) is 0 Å². The zero-order chi connectivity index (χ0) is 22.8. The van der Waals surface area contributed by atoms with E-state index in [1.807, 2.05) is 0 Å². The van der Waals surface area contributed by atoms with Crippen LogP contribution in [0, 0.1) is 0 Å². The first-order valence-corrected chi connectivity index (χ1v) is 12.8. The molecule has 0 aliphatic carbocycles. The quantitative estimate of drug-likeness (QED) is 0.145. The Hall–Kier alpha value is -0.120. The molecule has 0 bridgehead atoms. The van der Waals surface area contributed by atoms with E-state index in [4.69, 9.17) is 28.4 Å². The summed E-state index contributed by atoms with van der Waals surface area (Å²) in [5.41, 5.74) is 0. The summed E-state index contributed by atoms with van der Waals surface area (Å²) in [5.74, 6) is 0. The van der Waals surface area contributed by atoms with Gasteiger partial charge < -0.3 is 29.2 Å². The maximum Gasteiger partial charge on any atom is 0.508 e. The molecule has 0 aromatic heterocycles. The van der Waals surface area contributed by atoms with Crippen LogP contribution < -0.4 is 0 Å². The first kappa shape index (κ1) is 29.9. The topological polar surface area (TPSA) is 130 Å². The van der Waals surface area contributed by atoms with Crippen molar-refractivity contribution in [2.24, 2.45) is 0 Å². The van der Waals surface area contributed by atoms with Crippen molar-refractivity contribution >= 4 is 16.1 Å². The van der Waals surface area contributed by atoms with Crippen molar-refractivity contribution in [1.29, 1.82) is 0 Å². The van der Waals surface area contributed by atoms with Crippen molar-refractivity contribution in [2.45, 2.75) is 64.3 Å². The van der Waals surface area contributed by atoms with Crippen LogP contribution in [0.25, 0.3) is 0 Å². The van der Waals surface area contributed by atoms with E-state index in [0.29, 0.717) is 12.3 Å².